The highest BCUT2D eigenvalue weighted by atomic mass is 19.4. The number of rotatable bonds is 6. The highest BCUT2D eigenvalue weighted by Crippen LogP contribution is 2.11. The predicted molar refractivity (Wildman–Crippen MR) is 70.6 cm³/mol. The van der Waals surface area contributed by atoms with Crippen molar-refractivity contribution in [3.8, 4) is 0 Å². The third-order valence-electron chi connectivity index (χ3n) is 2.44. The summed E-state index contributed by atoms with van der Waals surface area (Å²) in [5, 5.41) is 6.20. The van der Waals surface area contributed by atoms with Crippen molar-refractivity contribution in [2.45, 2.75) is 12.6 Å². The molecular weight excluding hydrogens is 287 g/mol. The summed E-state index contributed by atoms with van der Waals surface area (Å²) in [4.78, 5) is 22.4. The fraction of sp³-hybridized carbons (Fsp3) is 0.385. The van der Waals surface area contributed by atoms with Crippen molar-refractivity contribution < 1.29 is 22.8 Å². The van der Waals surface area contributed by atoms with Crippen LogP contribution in [0.25, 0.3) is 0 Å². The van der Waals surface area contributed by atoms with E-state index in [2.05, 4.69) is 5.32 Å². The van der Waals surface area contributed by atoms with Gasteiger partial charge in [-0.3, -0.25) is 4.79 Å². The molecule has 21 heavy (non-hydrogen) atoms. The van der Waals surface area contributed by atoms with Gasteiger partial charge < -0.3 is 16.0 Å². The Balaban J connectivity index is 2.12. The third kappa shape index (κ3) is 8.51. The molecule has 0 fully saturated rings. The van der Waals surface area contributed by atoms with Gasteiger partial charge in [-0.15, -0.1) is 0 Å². The Bertz CT molecular complexity index is 463. The summed E-state index contributed by atoms with van der Waals surface area (Å²) in [5.74, 6) is -0.465. The second kappa shape index (κ2) is 8.13. The fourth-order valence-electron chi connectivity index (χ4n) is 1.46. The number of alkyl halides is 3. The fourth-order valence-corrected chi connectivity index (χ4v) is 1.46. The zero-order chi connectivity index (χ0) is 15.7. The number of hydrogen-bond donors (Lipinski definition) is 3. The van der Waals surface area contributed by atoms with E-state index in [0.717, 1.165) is 5.56 Å². The molecule has 0 unspecified atom stereocenters. The van der Waals surface area contributed by atoms with Crippen LogP contribution in [0.1, 0.15) is 5.56 Å². The van der Waals surface area contributed by atoms with E-state index >= 15 is 0 Å². The molecule has 8 heteroatoms. The van der Waals surface area contributed by atoms with Gasteiger partial charge >= 0.3 is 12.2 Å². The summed E-state index contributed by atoms with van der Waals surface area (Å²) in [6.07, 6.45) is -3.85. The molecule has 0 radical (unpaired) electrons. The Morgan fingerprint density at radius 2 is 1.67 bits per heavy atom. The largest absolute Gasteiger partial charge is 0.405 e. The Labute approximate surface area is 119 Å². The van der Waals surface area contributed by atoms with Gasteiger partial charge in [0.05, 0.1) is 6.54 Å². The number of benzene rings is 1. The first-order chi connectivity index (χ1) is 9.87. The number of carbonyl (C=O) groups excluding carboxylic acids is 2. The van der Waals surface area contributed by atoms with Gasteiger partial charge in [-0.25, -0.2) is 4.79 Å². The summed E-state index contributed by atoms with van der Waals surface area (Å²) < 4.78 is 35.5. The van der Waals surface area contributed by atoms with E-state index in [4.69, 9.17) is 0 Å². The topological polar surface area (TPSA) is 70.2 Å². The van der Waals surface area contributed by atoms with E-state index in [0.29, 0.717) is 13.0 Å². The number of urea groups is 1. The van der Waals surface area contributed by atoms with Crippen LogP contribution in [0.4, 0.5) is 18.0 Å². The van der Waals surface area contributed by atoms with Gasteiger partial charge in [0.2, 0.25) is 5.91 Å². The van der Waals surface area contributed by atoms with E-state index in [1.54, 1.807) is 5.32 Å². The maximum atomic E-state index is 11.8. The normalized spacial score (nSPS) is 10.8. The van der Waals surface area contributed by atoms with Crippen LogP contribution in [-0.2, 0) is 11.2 Å². The molecule has 0 heterocycles. The van der Waals surface area contributed by atoms with Gasteiger partial charge in [0.1, 0.15) is 6.54 Å². The lowest BCUT2D eigenvalue weighted by molar-refractivity contribution is -0.122. The minimum atomic E-state index is -4.48. The van der Waals surface area contributed by atoms with Crippen molar-refractivity contribution in [3.63, 3.8) is 0 Å². The van der Waals surface area contributed by atoms with Crippen LogP contribution in [0.5, 0.6) is 0 Å². The first-order valence-electron chi connectivity index (χ1n) is 6.26. The van der Waals surface area contributed by atoms with Crippen LogP contribution >= 0.6 is 0 Å². The Kier molecular flexibility index (Phi) is 6.51. The number of nitrogens with one attached hydrogen (secondary N) is 3. The third-order valence-corrected chi connectivity index (χ3v) is 2.44. The van der Waals surface area contributed by atoms with E-state index < -0.39 is 24.7 Å². The number of halogens is 3. The van der Waals surface area contributed by atoms with Gasteiger partial charge in [0.15, 0.2) is 0 Å². The van der Waals surface area contributed by atoms with Crippen LogP contribution < -0.4 is 16.0 Å². The molecule has 0 aliphatic heterocycles. The molecule has 1 rings (SSSR count). The molecule has 0 saturated heterocycles. The molecule has 3 N–H and O–H groups in total. The Morgan fingerprint density at radius 1 is 1.00 bits per heavy atom. The highest BCUT2D eigenvalue weighted by Gasteiger charge is 2.27. The Morgan fingerprint density at radius 3 is 2.29 bits per heavy atom. The molecule has 1 aromatic rings. The van der Waals surface area contributed by atoms with Gasteiger partial charge in [0.25, 0.3) is 0 Å². The molecule has 3 amide bonds. The summed E-state index contributed by atoms with van der Waals surface area (Å²) in [5.41, 5.74) is 1.05. The molecule has 0 bridgehead atoms. The summed E-state index contributed by atoms with van der Waals surface area (Å²) in [7, 11) is 0. The average molecular weight is 303 g/mol. The highest BCUT2D eigenvalue weighted by molar-refractivity contribution is 5.83. The molecule has 0 aromatic heterocycles. The molecule has 0 saturated carbocycles. The average Bonchev–Trinajstić information content (AvgIpc) is 2.43. The van der Waals surface area contributed by atoms with Gasteiger partial charge in [0, 0.05) is 6.54 Å². The Hall–Kier alpha value is -2.25. The smallest absolute Gasteiger partial charge is 0.354 e. The first kappa shape index (κ1) is 16.8. The SMILES string of the molecule is O=C(CNC(=O)NCC(F)(F)F)NCCc1ccccc1. The van der Waals surface area contributed by atoms with Crippen LogP contribution in [-0.4, -0.2) is 37.7 Å². The van der Waals surface area contributed by atoms with E-state index in [1.165, 1.54) is 0 Å². The molecular formula is C13H16F3N3O2. The minimum Gasteiger partial charge on any atom is -0.354 e. The number of amides is 3. The summed E-state index contributed by atoms with van der Waals surface area (Å²) in [6, 6.07) is 8.42. The van der Waals surface area contributed by atoms with Crippen LogP contribution in [0, 0.1) is 0 Å². The van der Waals surface area contributed by atoms with Gasteiger partial charge in [-0.1, -0.05) is 30.3 Å². The van der Waals surface area contributed by atoms with Crippen molar-refractivity contribution in [2.24, 2.45) is 0 Å². The van der Waals surface area contributed by atoms with Crippen LogP contribution in [0.2, 0.25) is 0 Å². The molecule has 0 spiro atoms. The zero-order valence-corrected chi connectivity index (χ0v) is 11.2. The zero-order valence-electron chi connectivity index (χ0n) is 11.2. The first-order valence-corrected chi connectivity index (χ1v) is 6.26. The monoisotopic (exact) mass is 303 g/mol. The molecule has 1 aromatic carbocycles. The lowest BCUT2D eigenvalue weighted by atomic mass is 10.1. The van der Waals surface area contributed by atoms with Gasteiger partial charge in [-0.2, -0.15) is 13.2 Å². The molecule has 0 aliphatic carbocycles. The predicted octanol–water partition coefficient (Wildman–Crippen LogP) is 1.21. The second-order valence-corrected chi connectivity index (χ2v) is 4.24. The molecule has 116 valence electrons. The maximum absolute atomic E-state index is 11.8. The lowest BCUT2D eigenvalue weighted by Gasteiger charge is -2.10. The summed E-state index contributed by atoms with van der Waals surface area (Å²) in [6.45, 7) is -1.43. The molecule has 0 aliphatic rings. The van der Waals surface area contributed by atoms with Crippen molar-refractivity contribution in [1.29, 1.82) is 0 Å². The summed E-state index contributed by atoms with van der Waals surface area (Å²) >= 11 is 0. The number of hydrogen-bond acceptors (Lipinski definition) is 2. The molecule has 0 atom stereocenters. The van der Waals surface area contributed by atoms with Crippen molar-refractivity contribution in [2.75, 3.05) is 19.6 Å². The van der Waals surface area contributed by atoms with Crippen LogP contribution in [0.15, 0.2) is 30.3 Å². The van der Waals surface area contributed by atoms with Crippen molar-refractivity contribution in [1.82, 2.24) is 16.0 Å². The van der Waals surface area contributed by atoms with E-state index in [-0.39, 0.29) is 6.54 Å². The lowest BCUT2D eigenvalue weighted by Crippen LogP contribution is -2.45. The second-order valence-electron chi connectivity index (χ2n) is 4.24. The van der Waals surface area contributed by atoms with E-state index in [9.17, 15) is 22.8 Å². The minimum absolute atomic E-state index is 0.377. The van der Waals surface area contributed by atoms with Crippen LogP contribution in [0.3, 0.4) is 0 Å². The standard InChI is InChI=1S/C13H16F3N3O2/c14-13(15,16)9-19-12(21)18-8-11(20)17-7-6-10-4-2-1-3-5-10/h1-5H,6-9H2,(H,17,20)(H2,18,19,21). The molecule has 5 nitrogen and oxygen atoms in total. The van der Waals surface area contributed by atoms with E-state index in [1.807, 2.05) is 35.6 Å². The van der Waals surface area contributed by atoms with Crippen molar-refractivity contribution >= 4 is 11.9 Å². The van der Waals surface area contributed by atoms with Gasteiger partial charge in [-0.05, 0) is 12.0 Å². The quantitative estimate of drug-likeness (QED) is 0.739. The number of carbonyl (C=O) groups is 2. The van der Waals surface area contributed by atoms with Crippen molar-refractivity contribution in [3.05, 3.63) is 35.9 Å². The maximum Gasteiger partial charge on any atom is 0.405 e.